The zero-order chi connectivity index (χ0) is 7.40. The predicted molar refractivity (Wildman–Crippen MR) is 36.7 cm³/mol. The molecule has 2 heteroatoms. The van der Waals surface area contributed by atoms with E-state index in [1.54, 1.807) is 6.08 Å². The third-order valence-corrected chi connectivity index (χ3v) is 1.48. The first-order valence-electron chi connectivity index (χ1n) is 3.22. The molecule has 0 atom stereocenters. The molecule has 10 heavy (non-hydrogen) atoms. The average molecular weight is 137 g/mol. The van der Waals surface area contributed by atoms with Crippen LogP contribution in [0.25, 0.3) is 0 Å². The maximum absolute atomic E-state index is 12.3. The highest BCUT2D eigenvalue weighted by molar-refractivity contribution is 5.20. The minimum absolute atomic E-state index is 0.0818. The first kappa shape index (κ1) is 7.01. The second-order valence-electron chi connectivity index (χ2n) is 2.26. The van der Waals surface area contributed by atoms with Gasteiger partial charge < -0.3 is 0 Å². The topological polar surface area (TPSA) is 23.8 Å². The van der Waals surface area contributed by atoms with Gasteiger partial charge in [0.25, 0.3) is 0 Å². The number of nitriles is 1. The van der Waals surface area contributed by atoms with E-state index in [0.717, 1.165) is 5.57 Å². The molecule has 0 N–H and O–H groups in total. The maximum atomic E-state index is 12.3. The van der Waals surface area contributed by atoms with Crippen LogP contribution in [0.15, 0.2) is 23.6 Å². The van der Waals surface area contributed by atoms with Gasteiger partial charge in [-0.3, -0.25) is 0 Å². The molecule has 0 fully saturated rings. The Morgan fingerprint density at radius 2 is 2.30 bits per heavy atom. The van der Waals surface area contributed by atoms with Crippen LogP contribution >= 0.6 is 0 Å². The Balaban J connectivity index is 2.48. The maximum Gasteiger partial charge on any atom is 0.100 e. The highest BCUT2D eigenvalue weighted by Gasteiger charge is 2.02. The molecular formula is C8H8FN. The molecule has 1 aliphatic rings. The van der Waals surface area contributed by atoms with E-state index in [1.807, 2.05) is 6.07 Å². The molecule has 0 aromatic carbocycles. The Morgan fingerprint density at radius 3 is 2.80 bits per heavy atom. The lowest BCUT2D eigenvalue weighted by molar-refractivity contribution is 0.605. The number of hydrogen-bond donors (Lipinski definition) is 0. The van der Waals surface area contributed by atoms with E-state index < -0.39 is 0 Å². The van der Waals surface area contributed by atoms with Gasteiger partial charge in [0.1, 0.15) is 5.83 Å². The summed E-state index contributed by atoms with van der Waals surface area (Å²) in [6.45, 7) is 0. The van der Waals surface area contributed by atoms with Crippen LogP contribution in [0, 0.1) is 11.3 Å². The van der Waals surface area contributed by atoms with Crippen LogP contribution in [0.5, 0.6) is 0 Å². The third-order valence-electron chi connectivity index (χ3n) is 1.48. The predicted octanol–water partition coefficient (Wildman–Crippen LogP) is 2.47. The number of halogens is 1. The van der Waals surface area contributed by atoms with Gasteiger partial charge in [0.15, 0.2) is 0 Å². The Hall–Kier alpha value is -1.10. The Bertz CT molecular complexity index is 220. The summed E-state index contributed by atoms with van der Waals surface area (Å²) in [4.78, 5) is 0. The van der Waals surface area contributed by atoms with E-state index in [2.05, 4.69) is 0 Å². The minimum atomic E-state index is -0.0818. The van der Waals surface area contributed by atoms with E-state index in [-0.39, 0.29) is 5.83 Å². The average Bonchev–Trinajstić information content (AvgIpc) is 1.95. The molecule has 0 saturated carbocycles. The van der Waals surface area contributed by atoms with Gasteiger partial charge in [0, 0.05) is 6.42 Å². The van der Waals surface area contributed by atoms with Gasteiger partial charge in [-0.05, 0) is 12.5 Å². The van der Waals surface area contributed by atoms with Crippen molar-refractivity contribution in [1.29, 1.82) is 5.26 Å². The summed E-state index contributed by atoms with van der Waals surface area (Å²) in [6, 6.07) is 2.03. The number of hydrogen-bond acceptors (Lipinski definition) is 1. The first-order valence-corrected chi connectivity index (χ1v) is 3.22. The van der Waals surface area contributed by atoms with Crippen LogP contribution in [0.3, 0.4) is 0 Å². The lowest BCUT2D eigenvalue weighted by atomic mass is 10.0. The summed E-state index contributed by atoms with van der Waals surface area (Å²) < 4.78 is 12.3. The summed E-state index contributed by atoms with van der Waals surface area (Å²) in [6.07, 6.45) is 4.74. The van der Waals surface area contributed by atoms with Crippen molar-refractivity contribution in [3.63, 3.8) is 0 Å². The van der Waals surface area contributed by atoms with Crippen molar-refractivity contribution >= 4 is 0 Å². The van der Waals surface area contributed by atoms with Crippen molar-refractivity contribution in [2.45, 2.75) is 19.3 Å². The molecule has 0 aromatic rings. The van der Waals surface area contributed by atoms with Crippen LogP contribution in [0.1, 0.15) is 19.3 Å². The third kappa shape index (κ3) is 1.70. The van der Waals surface area contributed by atoms with E-state index in [9.17, 15) is 4.39 Å². The SMILES string of the molecule is N#CCC1=CCC(F)=CC1. The molecule has 0 radical (unpaired) electrons. The fourth-order valence-electron chi connectivity index (χ4n) is 0.896. The Kier molecular flexibility index (Phi) is 2.22. The van der Waals surface area contributed by atoms with Gasteiger partial charge in [-0.1, -0.05) is 11.6 Å². The molecule has 1 nitrogen and oxygen atoms in total. The molecule has 0 bridgehead atoms. The number of allylic oxidation sites excluding steroid dienone is 4. The second-order valence-corrected chi connectivity index (χ2v) is 2.26. The van der Waals surface area contributed by atoms with Gasteiger partial charge in [0.2, 0.25) is 0 Å². The molecule has 0 spiro atoms. The molecule has 52 valence electrons. The molecule has 0 saturated heterocycles. The first-order chi connectivity index (χ1) is 4.83. The highest BCUT2D eigenvalue weighted by Crippen LogP contribution is 2.19. The lowest BCUT2D eigenvalue weighted by Crippen LogP contribution is -1.87. The zero-order valence-corrected chi connectivity index (χ0v) is 5.60. The normalized spacial score (nSPS) is 17.2. The molecule has 1 aliphatic carbocycles. The molecule has 0 amide bonds. The highest BCUT2D eigenvalue weighted by atomic mass is 19.1. The van der Waals surface area contributed by atoms with Gasteiger partial charge >= 0.3 is 0 Å². The largest absolute Gasteiger partial charge is 0.212 e. The minimum Gasteiger partial charge on any atom is -0.212 e. The van der Waals surface area contributed by atoms with Crippen LogP contribution < -0.4 is 0 Å². The molecule has 1 rings (SSSR count). The van der Waals surface area contributed by atoms with E-state index in [4.69, 9.17) is 5.26 Å². The van der Waals surface area contributed by atoms with Crippen molar-refractivity contribution < 1.29 is 4.39 Å². The van der Waals surface area contributed by atoms with E-state index in [1.165, 1.54) is 6.08 Å². The van der Waals surface area contributed by atoms with Crippen LogP contribution in [-0.4, -0.2) is 0 Å². The molecule has 0 aromatic heterocycles. The molecule has 0 aliphatic heterocycles. The second kappa shape index (κ2) is 3.17. The van der Waals surface area contributed by atoms with Crippen molar-refractivity contribution in [2.24, 2.45) is 0 Å². The van der Waals surface area contributed by atoms with Crippen LogP contribution in [0.2, 0.25) is 0 Å². The van der Waals surface area contributed by atoms with Crippen molar-refractivity contribution in [1.82, 2.24) is 0 Å². The number of rotatable bonds is 1. The van der Waals surface area contributed by atoms with Crippen LogP contribution in [0.4, 0.5) is 4.39 Å². The standard InChI is InChI=1S/C8H8FN/c9-8-3-1-7(2-4-8)5-6-10/h1,4H,2-3,5H2. The van der Waals surface area contributed by atoms with E-state index in [0.29, 0.717) is 19.3 Å². The zero-order valence-electron chi connectivity index (χ0n) is 5.60. The molecule has 0 unspecified atom stereocenters. The van der Waals surface area contributed by atoms with Crippen molar-refractivity contribution in [3.05, 3.63) is 23.6 Å². The molecular weight excluding hydrogens is 129 g/mol. The molecule has 0 heterocycles. The quantitative estimate of drug-likeness (QED) is 0.509. The van der Waals surface area contributed by atoms with E-state index >= 15 is 0 Å². The van der Waals surface area contributed by atoms with Gasteiger partial charge in [0.05, 0.1) is 12.5 Å². The summed E-state index contributed by atoms with van der Waals surface area (Å²) in [5, 5.41) is 8.28. The Morgan fingerprint density at radius 1 is 1.50 bits per heavy atom. The van der Waals surface area contributed by atoms with Gasteiger partial charge in [-0.15, -0.1) is 0 Å². The fraction of sp³-hybridized carbons (Fsp3) is 0.375. The van der Waals surface area contributed by atoms with Crippen molar-refractivity contribution in [2.75, 3.05) is 0 Å². The van der Waals surface area contributed by atoms with Gasteiger partial charge in [-0.25, -0.2) is 4.39 Å². The fourth-order valence-corrected chi connectivity index (χ4v) is 0.896. The van der Waals surface area contributed by atoms with Crippen molar-refractivity contribution in [3.8, 4) is 6.07 Å². The van der Waals surface area contributed by atoms with Crippen LogP contribution in [-0.2, 0) is 0 Å². The van der Waals surface area contributed by atoms with Gasteiger partial charge in [-0.2, -0.15) is 5.26 Å². The monoisotopic (exact) mass is 137 g/mol. The summed E-state index contributed by atoms with van der Waals surface area (Å²) in [7, 11) is 0. The Labute approximate surface area is 59.5 Å². The summed E-state index contributed by atoms with van der Waals surface area (Å²) in [5.41, 5.74) is 1.03. The number of nitrogens with zero attached hydrogens (tertiary/aromatic N) is 1. The lowest BCUT2D eigenvalue weighted by Gasteiger charge is -2.04. The summed E-state index contributed by atoms with van der Waals surface area (Å²) >= 11 is 0. The smallest absolute Gasteiger partial charge is 0.100 e. The summed E-state index contributed by atoms with van der Waals surface area (Å²) in [5.74, 6) is -0.0818.